The lowest BCUT2D eigenvalue weighted by Crippen LogP contribution is -2.29. The average molecular weight is 356 g/mol. The van der Waals surface area contributed by atoms with Crippen molar-refractivity contribution in [3.63, 3.8) is 0 Å². The second-order valence-corrected chi connectivity index (χ2v) is 5.83. The summed E-state index contributed by atoms with van der Waals surface area (Å²) in [4.78, 5) is 12.0. The van der Waals surface area contributed by atoms with Crippen LogP contribution in [0.25, 0.3) is 5.69 Å². The molecule has 3 aromatic rings. The number of amides is 2. The van der Waals surface area contributed by atoms with Gasteiger partial charge in [0.1, 0.15) is 11.6 Å². The molecule has 0 aliphatic rings. The maximum Gasteiger partial charge on any atom is 0.319 e. The molecule has 0 aliphatic carbocycles. The molecule has 3 rings (SSSR count). The standard InChI is InChI=1S/C19H18F2N4O/c1-12-16(13(2)25(24-12)15-6-4-3-5-7-15)11-22-19(26)23-18-9-8-14(20)10-17(18)21/h3-10H,11H2,1-2H3,(H2,22,23,26). The van der Waals surface area contributed by atoms with E-state index in [1.807, 2.05) is 48.9 Å². The van der Waals surface area contributed by atoms with Gasteiger partial charge in [0.2, 0.25) is 0 Å². The van der Waals surface area contributed by atoms with E-state index in [1.165, 1.54) is 6.07 Å². The molecule has 0 fully saturated rings. The molecule has 2 aromatic carbocycles. The van der Waals surface area contributed by atoms with Crippen molar-refractivity contribution in [2.75, 3.05) is 5.32 Å². The van der Waals surface area contributed by atoms with E-state index < -0.39 is 17.7 Å². The molecule has 0 spiro atoms. The van der Waals surface area contributed by atoms with Crippen molar-refractivity contribution in [3.8, 4) is 5.69 Å². The Morgan fingerprint density at radius 1 is 1.12 bits per heavy atom. The van der Waals surface area contributed by atoms with E-state index in [-0.39, 0.29) is 12.2 Å². The van der Waals surface area contributed by atoms with Crippen LogP contribution >= 0.6 is 0 Å². The van der Waals surface area contributed by atoms with E-state index in [0.29, 0.717) is 6.07 Å². The molecule has 0 radical (unpaired) electrons. The summed E-state index contributed by atoms with van der Waals surface area (Å²) in [6, 6.07) is 12.1. The van der Waals surface area contributed by atoms with E-state index in [2.05, 4.69) is 15.7 Å². The summed E-state index contributed by atoms with van der Waals surface area (Å²) in [6.45, 7) is 4.02. The van der Waals surface area contributed by atoms with Crippen LogP contribution in [0.15, 0.2) is 48.5 Å². The minimum atomic E-state index is -0.829. The Morgan fingerprint density at radius 2 is 1.85 bits per heavy atom. The van der Waals surface area contributed by atoms with Crippen LogP contribution < -0.4 is 10.6 Å². The molecule has 1 heterocycles. The molecule has 26 heavy (non-hydrogen) atoms. The third-order valence-corrected chi connectivity index (χ3v) is 4.05. The Balaban J connectivity index is 1.70. The predicted octanol–water partition coefficient (Wildman–Crippen LogP) is 4.09. The number of para-hydroxylation sites is 1. The highest BCUT2D eigenvalue weighted by molar-refractivity contribution is 5.89. The second kappa shape index (κ2) is 7.35. The molecule has 2 N–H and O–H groups in total. The Labute approximate surface area is 149 Å². The summed E-state index contributed by atoms with van der Waals surface area (Å²) >= 11 is 0. The number of hydrogen-bond donors (Lipinski definition) is 2. The number of nitrogens with one attached hydrogen (secondary N) is 2. The summed E-state index contributed by atoms with van der Waals surface area (Å²) in [5, 5.41) is 9.55. The monoisotopic (exact) mass is 356 g/mol. The Kier molecular flexibility index (Phi) is 4.97. The Hall–Kier alpha value is -3.22. The number of aryl methyl sites for hydroxylation is 1. The predicted molar refractivity (Wildman–Crippen MR) is 95.3 cm³/mol. The van der Waals surface area contributed by atoms with Crippen LogP contribution in [0.1, 0.15) is 17.0 Å². The summed E-state index contributed by atoms with van der Waals surface area (Å²) in [5.74, 6) is -1.53. The zero-order valence-electron chi connectivity index (χ0n) is 14.4. The Bertz CT molecular complexity index is 938. The van der Waals surface area contributed by atoms with Crippen LogP contribution in [-0.4, -0.2) is 15.8 Å². The molecule has 0 saturated heterocycles. The normalized spacial score (nSPS) is 10.6. The zero-order valence-corrected chi connectivity index (χ0v) is 14.4. The van der Waals surface area contributed by atoms with Crippen molar-refractivity contribution in [1.29, 1.82) is 0 Å². The van der Waals surface area contributed by atoms with Crippen LogP contribution in [0, 0.1) is 25.5 Å². The summed E-state index contributed by atoms with van der Waals surface area (Å²) < 4.78 is 28.3. The van der Waals surface area contributed by atoms with Crippen molar-refractivity contribution in [2.24, 2.45) is 0 Å². The first kappa shape index (κ1) is 17.6. The molecule has 7 heteroatoms. The molecule has 1 aromatic heterocycles. The lowest BCUT2D eigenvalue weighted by Gasteiger charge is -2.09. The first-order valence-electron chi connectivity index (χ1n) is 8.06. The second-order valence-electron chi connectivity index (χ2n) is 5.83. The first-order valence-corrected chi connectivity index (χ1v) is 8.06. The SMILES string of the molecule is Cc1nn(-c2ccccc2)c(C)c1CNC(=O)Nc1ccc(F)cc1F. The fourth-order valence-corrected chi connectivity index (χ4v) is 2.68. The number of carbonyl (C=O) groups excluding carboxylic acids is 1. The minimum Gasteiger partial charge on any atom is -0.334 e. The number of carbonyl (C=O) groups is 1. The van der Waals surface area contributed by atoms with Gasteiger partial charge in [-0.25, -0.2) is 18.3 Å². The van der Waals surface area contributed by atoms with Gasteiger partial charge in [0.05, 0.1) is 17.1 Å². The molecule has 5 nitrogen and oxygen atoms in total. The van der Waals surface area contributed by atoms with Crippen molar-refractivity contribution < 1.29 is 13.6 Å². The van der Waals surface area contributed by atoms with Gasteiger partial charge in [-0.15, -0.1) is 0 Å². The van der Waals surface area contributed by atoms with Gasteiger partial charge in [-0.05, 0) is 38.1 Å². The number of rotatable bonds is 4. The molecular formula is C19H18F2N4O. The third-order valence-electron chi connectivity index (χ3n) is 4.05. The smallest absolute Gasteiger partial charge is 0.319 e. The fraction of sp³-hybridized carbons (Fsp3) is 0.158. The highest BCUT2D eigenvalue weighted by Crippen LogP contribution is 2.18. The fourth-order valence-electron chi connectivity index (χ4n) is 2.68. The molecule has 0 aliphatic heterocycles. The highest BCUT2D eigenvalue weighted by atomic mass is 19.1. The number of benzene rings is 2. The number of halogens is 2. The number of nitrogens with zero attached hydrogens (tertiary/aromatic N) is 2. The number of hydrogen-bond acceptors (Lipinski definition) is 2. The van der Waals surface area contributed by atoms with Gasteiger partial charge in [0, 0.05) is 23.9 Å². The molecule has 0 atom stereocenters. The van der Waals surface area contributed by atoms with Gasteiger partial charge >= 0.3 is 6.03 Å². The largest absolute Gasteiger partial charge is 0.334 e. The number of urea groups is 1. The molecule has 0 unspecified atom stereocenters. The maximum atomic E-state index is 13.6. The van der Waals surface area contributed by atoms with Gasteiger partial charge in [0.15, 0.2) is 0 Å². The van der Waals surface area contributed by atoms with Crippen LogP contribution in [0.4, 0.5) is 19.3 Å². The Morgan fingerprint density at radius 3 is 2.54 bits per heavy atom. The van der Waals surface area contributed by atoms with Crippen LogP contribution in [0.3, 0.4) is 0 Å². The lowest BCUT2D eigenvalue weighted by atomic mass is 10.2. The number of anilines is 1. The zero-order chi connectivity index (χ0) is 18.7. The van der Waals surface area contributed by atoms with Crippen LogP contribution in [0.2, 0.25) is 0 Å². The molecular weight excluding hydrogens is 338 g/mol. The van der Waals surface area contributed by atoms with Crippen molar-refractivity contribution in [2.45, 2.75) is 20.4 Å². The third kappa shape index (κ3) is 3.72. The van der Waals surface area contributed by atoms with E-state index in [1.54, 1.807) is 0 Å². The highest BCUT2D eigenvalue weighted by Gasteiger charge is 2.14. The summed E-state index contributed by atoms with van der Waals surface area (Å²) in [7, 11) is 0. The number of aromatic nitrogens is 2. The summed E-state index contributed by atoms with van der Waals surface area (Å²) in [6.07, 6.45) is 0. The minimum absolute atomic E-state index is 0.0858. The van der Waals surface area contributed by atoms with Gasteiger partial charge in [-0.3, -0.25) is 0 Å². The summed E-state index contributed by atoms with van der Waals surface area (Å²) in [5.41, 5.74) is 3.42. The van der Waals surface area contributed by atoms with Crippen molar-refractivity contribution >= 4 is 11.7 Å². The van der Waals surface area contributed by atoms with Crippen LogP contribution in [-0.2, 0) is 6.54 Å². The first-order chi connectivity index (χ1) is 12.5. The molecule has 0 bridgehead atoms. The van der Waals surface area contributed by atoms with E-state index in [0.717, 1.165) is 28.7 Å². The van der Waals surface area contributed by atoms with Gasteiger partial charge < -0.3 is 10.6 Å². The van der Waals surface area contributed by atoms with E-state index in [4.69, 9.17) is 0 Å². The molecule has 0 saturated carbocycles. The van der Waals surface area contributed by atoms with E-state index in [9.17, 15) is 13.6 Å². The quantitative estimate of drug-likeness (QED) is 0.740. The van der Waals surface area contributed by atoms with Crippen LogP contribution in [0.5, 0.6) is 0 Å². The maximum absolute atomic E-state index is 13.6. The molecule has 134 valence electrons. The van der Waals surface area contributed by atoms with E-state index >= 15 is 0 Å². The van der Waals surface area contributed by atoms with Gasteiger partial charge in [0.25, 0.3) is 0 Å². The van der Waals surface area contributed by atoms with Gasteiger partial charge in [-0.2, -0.15) is 5.10 Å². The van der Waals surface area contributed by atoms with Crippen molar-refractivity contribution in [3.05, 3.63) is 77.1 Å². The van der Waals surface area contributed by atoms with Crippen molar-refractivity contribution in [1.82, 2.24) is 15.1 Å². The average Bonchev–Trinajstić information content (AvgIpc) is 2.90. The lowest BCUT2D eigenvalue weighted by molar-refractivity contribution is 0.251. The molecule has 2 amide bonds. The van der Waals surface area contributed by atoms with Gasteiger partial charge in [-0.1, -0.05) is 18.2 Å². The topological polar surface area (TPSA) is 59.0 Å².